The van der Waals surface area contributed by atoms with Crippen LogP contribution >= 0.6 is 11.3 Å². The standard InChI is InChI=1S/C25H31N3O3S/c1-25(2,3)16-9-10-17-19(13-16)32-24-22(17)23(30)27-20(28-24)11-12-21(29)26-14-15-7-5-6-8-18(15)31-4/h5-8,16H,9-14H2,1-4H3,(H,26,29)(H,27,28,30)/t16-/m1/s1. The topological polar surface area (TPSA) is 84.1 Å². The van der Waals surface area contributed by atoms with E-state index >= 15 is 0 Å². The lowest BCUT2D eigenvalue weighted by Gasteiger charge is -2.33. The van der Waals surface area contributed by atoms with Gasteiger partial charge in [-0.1, -0.05) is 39.0 Å². The number of H-pyrrole nitrogens is 1. The maximum absolute atomic E-state index is 12.8. The van der Waals surface area contributed by atoms with Crippen LogP contribution in [0, 0.1) is 11.3 Å². The number of para-hydroxylation sites is 1. The fraction of sp³-hybridized carbons (Fsp3) is 0.480. The van der Waals surface area contributed by atoms with Gasteiger partial charge in [-0.25, -0.2) is 4.98 Å². The van der Waals surface area contributed by atoms with Crippen molar-refractivity contribution in [1.29, 1.82) is 0 Å². The summed E-state index contributed by atoms with van der Waals surface area (Å²) >= 11 is 1.65. The van der Waals surface area contributed by atoms with Crippen LogP contribution in [0.5, 0.6) is 5.75 Å². The zero-order chi connectivity index (χ0) is 22.9. The molecule has 7 heteroatoms. The lowest BCUT2D eigenvalue weighted by atomic mass is 9.72. The lowest BCUT2D eigenvalue weighted by Crippen LogP contribution is -2.26. The van der Waals surface area contributed by atoms with Gasteiger partial charge >= 0.3 is 0 Å². The van der Waals surface area contributed by atoms with Gasteiger partial charge in [-0.2, -0.15) is 0 Å². The second-order valence-electron chi connectivity index (χ2n) is 9.59. The molecule has 1 aromatic carbocycles. The third kappa shape index (κ3) is 4.72. The third-order valence-corrected chi connectivity index (χ3v) is 7.60. The molecule has 2 N–H and O–H groups in total. The molecule has 3 aromatic rings. The number of fused-ring (bicyclic) bond motifs is 3. The maximum Gasteiger partial charge on any atom is 0.259 e. The number of carbonyl (C=O) groups excluding carboxylic acids is 1. The first-order chi connectivity index (χ1) is 15.3. The predicted molar refractivity (Wildman–Crippen MR) is 128 cm³/mol. The average molecular weight is 454 g/mol. The summed E-state index contributed by atoms with van der Waals surface area (Å²) in [6.45, 7) is 7.27. The van der Waals surface area contributed by atoms with Gasteiger partial charge in [0.2, 0.25) is 5.91 Å². The highest BCUT2D eigenvalue weighted by Gasteiger charge is 2.31. The van der Waals surface area contributed by atoms with Crippen LogP contribution in [-0.4, -0.2) is 23.0 Å². The average Bonchev–Trinajstić information content (AvgIpc) is 3.14. The summed E-state index contributed by atoms with van der Waals surface area (Å²) in [5.74, 6) is 1.85. The van der Waals surface area contributed by atoms with Crippen molar-refractivity contribution < 1.29 is 9.53 Å². The van der Waals surface area contributed by atoms with Gasteiger partial charge in [0.1, 0.15) is 16.4 Å². The molecule has 0 aliphatic heterocycles. The van der Waals surface area contributed by atoms with E-state index in [-0.39, 0.29) is 23.3 Å². The minimum Gasteiger partial charge on any atom is -0.496 e. The number of thiophene rings is 1. The highest BCUT2D eigenvalue weighted by molar-refractivity contribution is 7.18. The zero-order valence-electron chi connectivity index (χ0n) is 19.2. The van der Waals surface area contributed by atoms with Crippen molar-refractivity contribution >= 4 is 27.5 Å². The van der Waals surface area contributed by atoms with Crippen LogP contribution in [0.2, 0.25) is 0 Å². The molecule has 32 heavy (non-hydrogen) atoms. The van der Waals surface area contributed by atoms with Crippen LogP contribution in [0.3, 0.4) is 0 Å². The molecule has 1 atom stereocenters. The largest absolute Gasteiger partial charge is 0.496 e. The van der Waals surface area contributed by atoms with Crippen molar-refractivity contribution in [2.45, 2.75) is 59.4 Å². The first-order valence-electron chi connectivity index (χ1n) is 11.2. The van der Waals surface area contributed by atoms with Gasteiger partial charge in [0.15, 0.2) is 0 Å². The van der Waals surface area contributed by atoms with Crippen molar-refractivity contribution in [3.05, 3.63) is 56.4 Å². The number of benzene rings is 1. The Morgan fingerprint density at radius 1 is 1.31 bits per heavy atom. The molecule has 1 aliphatic rings. The molecule has 2 heterocycles. The number of nitrogens with zero attached hydrogens (tertiary/aromatic N) is 1. The van der Waals surface area contributed by atoms with Crippen LogP contribution in [-0.2, 0) is 30.6 Å². The summed E-state index contributed by atoms with van der Waals surface area (Å²) in [6, 6.07) is 7.61. The van der Waals surface area contributed by atoms with E-state index in [0.29, 0.717) is 24.7 Å². The van der Waals surface area contributed by atoms with Crippen molar-refractivity contribution in [3.63, 3.8) is 0 Å². The van der Waals surface area contributed by atoms with E-state index < -0.39 is 0 Å². The van der Waals surface area contributed by atoms with Gasteiger partial charge in [-0.05, 0) is 42.2 Å². The molecule has 170 valence electrons. The Morgan fingerprint density at radius 2 is 2.09 bits per heavy atom. The summed E-state index contributed by atoms with van der Waals surface area (Å²) in [7, 11) is 1.62. The summed E-state index contributed by atoms with van der Waals surface area (Å²) < 4.78 is 5.32. The number of amides is 1. The fourth-order valence-corrected chi connectivity index (χ4v) is 5.77. The van der Waals surface area contributed by atoms with Crippen molar-refractivity contribution in [1.82, 2.24) is 15.3 Å². The lowest BCUT2D eigenvalue weighted by molar-refractivity contribution is -0.121. The minimum atomic E-state index is -0.0860. The molecule has 0 fully saturated rings. The quantitative estimate of drug-likeness (QED) is 0.580. The Balaban J connectivity index is 1.43. The molecule has 0 unspecified atom stereocenters. The van der Waals surface area contributed by atoms with E-state index in [1.54, 1.807) is 18.4 Å². The number of carbonyl (C=O) groups is 1. The molecule has 1 amide bonds. The monoisotopic (exact) mass is 453 g/mol. The predicted octanol–water partition coefficient (Wildman–Crippen LogP) is 4.39. The number of ether oxygens (including phenoxy) is 1. The number of hydrogen-bond donors (Lipinski definition) is 2. The Kier molecular flexibility index (Phi) is 6.38. The summed E-state index contributed by atoms with van der Waals surface area (Å²) in [6.07, 6.45) is 3.72. The highest BCUT2D eigenvalue weighted by Crippen LogP contribution is 2.41. The molecule has 1 aliphatic carbocycles. The van der Waals surface area contributed by atoms with E-state index in [9.17, 15) is 9.59 Å². The normalized spacial score (nSPS) is 16.1. The smallest absolute Gasteiger partial charge is 0.259 e. The molecular formula is C25H31N3O3S. The maximum atomic E-state index is 12.8. The molecular weight excluding hydrogens is 422 g/mol. The number of aryl methyl sites for hydroxylation is 2. The molecule has 0 bridgehead atoms. The first-order valence-corrected chi connectivity index (χ1v) is 12.0. The van der Waals surface area contributed by atoms with Crippen molar-refractivity contribution in [3.8, 4) is 5.75 Å². The Morgan fingerprint density at radius 3 is 2.84 bits per heavy atom. The first kappa shape index (κ1) is 22.5. The number of nitrogens with one attached hydrogen (secondary N) is 2. The van der Waals surface area contributed by atoms with Gasteiger partial charge in [0.05, 0.1) is 12.5 Å². The molecule has 0 saturated heterocycles. The Bertz CT molecular complexity index is 1190. The molecule has 4 rings (SSSR count). The van der Waals surface area contributed by atoms with Crippen LogP contribution in [0.1, 0.15) is 55.4 Å². The molecule has 6 nitrogen and oxygen atoms in total. The number of rotatable bonds is 6. The second-order valence-corrected chi connectivity index (χ2v) is 10.7. The summed E-state index contributed by atoms with van der Waals surface area (Å²) in [4.78, 5) is 34.9. The SMILES string of the molecule is COc1ccccc1CNC(=O)CCc1nc2sc3c(c2c(=O)[nH]1)CC[C@@H](C(C)(C)C)C3. The zero-order valence-corrected chi connectivity index (χ0v) is 20.0. The van der Waals surface area contributed by atoms with Crippen LogP contribution in [0.25, 0.3) is 10.2 Å². The molecule has 2 aromatic heterocycles. The summed E-state index contributed by atoms with van der Waals surface area (Å²) in [5, 5.41) is 3.67. The van der Waals surface area contributed by atoms with Gasteiger partial charge in [-0.3, -0.25) is 9.59 Å². The molecule has 0 saturated carbocycles. The van der Waals surface area contributed by atoms with Crippen molar-refractivity contribution in [2.24, 2.45) is 11.3 Å². The van der Waals surface area contributed by atoms with E-state index in [4.69, 9.17) is 9.72 Å². The van der Waals surface area contributed by atoms with Crippen LogP contribution in [0.15, 0.2) is 29.1 Å². The van der Waals surface area contributed by atoms with Crippen LogP contribution < -0.4 is 15.6 Å². The van der Waals surface area contributed by atoms with Gasteiger partial charge in [-0.15, -0.1) is 11.3 Å². The molecule has 0 radical (unpaired) electrons. The Labute approximate surface area is 192 Å². The van der Waals surface area contributed by atoms with Crippen molar-refractivity contribution in [2.75, 3.05) is 7.11 Å². The molecule has 0 spiro atoms. The number of aromatic amines is 1. The van der Waals surface area contributed by atoms with E-state index in [2.05, 4.69) is 31.1 Å². The number of aromatic nitrogens is 2. The fourth-order valence-electron chi connectivity index (χ4n) is 4.45. The number of hydrogen-bond acceptors (Lipinski definition) is 5. The van der Waals surface area contributed by atoms with E-state index in [1.165, 1.54) is 10.4 Å². The van der Waals surface area contributed by atoms with Gasteiger partial charge in [0.25, 0.3) is 5.56 Å². The number of methoxy groups -OCH3 is 1. The minimum absolute atomic E-state index is 0.0776. The van der Waals surface area contributed by atoms with Crippen LogP contribution in [0.4, 0.5) is 0 Å². The highest BCUT2D eigenvalue weighted by atomic mass is 32.1. The van der Waals surface area contributed by atoms with Gasteiger partial charge in [0, 0.05) is 29.8 Å². The third-order valence-electron chi connectivity index (χ3n) is 6.45. The Hall–Kier alpha value is -2.67. The summed E-state index contributed by atoms with van der Waals surface area (Å²) in [5.41, 5.74) is 2.29. The van der Waals surface area contributed by atoms with E-state index in [0.717, 1.165) is 40.8 Å². The van der Waals surface area contributed by atoms with E-state index in [1.807, 2.05) is 24.3 Å². The van der Waals surface area contributed by atoms with Gasteiger partial charge < -0.3 is 15.0 Å². The second kappa shape index (κ2) is 9.06.